The van der Waals surface area contributed by atoms with Crippen molar-refractivity contribution in [1.29, 1.82) is 0 Å². The lowest BCUT2D eigenvalue weighted by atomic mass is 9.83. The van der Waals surface area contributed by atoms with E-state index >= 15 is 0 Å². The second-order valence-electron chi connectivity index (χ2n) is 7.58. The fraction of sp³-hybridized carbons (Fsp3) is 0.765. The quantitative estimate of drug-likeness (QED) is 0.909. The van der Waals surface area contributed by atoms with E-state index in [2.05, 4.69) is 63.9 Å². The molecule has 1 aromatic rings. The zero-order chi connectivity index (χ0) is 14.9. The second-order valence-corrected chi connectivity index (χ2v) is 8.95. The van der Waals surface area contributed by atoms with Gasteiger partial charge in [0, 0.05) is 41.5 Å². The molecule has 2 atom stereocenters. The highest BCUT2D eigenvalue weighted by atomic mass is 32.1. The van der Waals surface area contributed by atoms with Gasteiger partial charge in [0.25, 0.3) is 0 Å². The van der Waals surface area contributed by atoms with E-state index in [9.17, 15) is 0 Å². The molecule has 0 spiro atoms. The molecule has 0 aliphatic carbocycles. The van der Waals surface area contributed by atoms with Crippen molar-refractivity contribution in [2.45, 2.75) is 60.2 Å². The zero-order valence-electron chi connectivity index (χ0n) is 13.9. The minimum absolute atomic E-state index is 0.325. The van der Waals surface area contributed by atoms with Gasteiger partial charge in [0.1, 0.15) is 0 Å². The highest BCUT2D eigenvalue weighted by Gasteiger charge is 2.35. The Labute approximate surface area is 128 Å². The van der Waals surface area contributed by atoms with E-state index in [4.69, 9.17) is 0 Å². The molecule has 1 saturated heterocycles. The Hall–Kier alpha value is -0.380. The van der Waals surface area contributed by atoms with Crippen LogP contribution in [0.4, 0.5) is 0 Å². The molecule has 2 rings (SSSR count). The molecule has 0 saturated carbocycles. The Balaban J connectivity index is 2.10. The van der Waals surface area contributed by atoms with Crippen LogP contribution in [0, 0.1) is 18.3 Å². The van der Waals surface area contributed by atoms with E-state index in [-0.39, 0.29) is 0 Å². The van der Waals surface area contributed by atoms with Gasteiger partial charge in [0.2, 0.25) is 0 Å². The summed E-state index contributed by atoms with van der Waals surface area (Å²) in [5.41, 5.74) is 0.325. The van der Waals surface area contributed by atoms with Crippen LogP contribution in [0.5, 0.6) is 0 Å². The first-order chi connectivity index (χ1) is 9.27. The van der Waals surface area contributed by atoms with Gasteiger partial charge < -0.3 is 5.32 Å². The molecule has 1 fully saturated rings. The second kappa shape index (κ2) is 6.17. The maximum Gasteiger partial charge on any atom is 0.0332 e. The summed E-state index contributed by atoms with van der Waals surface area (Å²) in [5.74, 6) is 0.699. The van der Waals surface area contributed by atoms with Crippen LogP contribution >= 0.6 is 11.3 Å². The van der Waals surface area contributed by atoms with Crippen molar-refractivity contribution >= 4 is 11.3 Å². The van der Waals surface area contributed by atoms with Gasteiger partial charge in [-0.05, 0) is 30.4 Å². The van der Waals surface area contributed by atoms with Crippen molar-refractivity contribution in [3.05, 3.63) is 21.9 Å². The van der Waals surface area contributed by atoms with Crippen LogP contribution in [-0.4, -0.2) is 30.1 Å². The first-order valence-electron chi connectivity index (χ1n) is 7.80. The normalized spacial score (nSPS) is 25.4. The van der Waals surface area contributed by atoms with E-state index in [1.165, 1.54) is 9.75 Å². The van der Waals surface area contributed by atoms with E-state index in [0.717, 1.165) is 19.6 Å². The highest BCUT2D eigenvalue weighted by Crippen LogP contribution is 2.28. The summed E-state index contributed by atoms with van der Waals surface area (Å²) in [6, 6.07) is 5.77. The SMILES string of the molecule is Cc1ccc(CN2CC(C(C)(C)C)NCC2C(C)C)s1. The summed E-state index contributed by atoms with van der Waals surface area (Å²) < 4.78 is 0. The summed E-state index contributed by atoms with van der Waals surface area (Å²) in [7, 11) is 0. The molecular weight excluding hydrogens is 264 g/mol. The summed E-state index contributed by atoms with van der Waals surface area (Å²) >= 11 is 1.94. The standard InChI is InChI=1S/C17H30N2S/c1-12(2)15-9-18-16(17(4,5)6)11-19(15)10-14-8-7-13(3)20-14/h7-8,12,15-16,18H,9-11H2,1-6H3. The summed E-state index contributed by atoms with van der Waals surface area (Å²) in [5, 5.41) is 3.77. The number of hydrogen-bond acceptors (Lipinski definition) is 3. The predicted octanol–water partition coefficient (Wildman–Crippen LogP) is 3.90. The van der Waals surface area contributed by atoms with Gasteiger partial charge in [-0.2, -0.15) is 0 Å². The fourth-order valence-electron chi connectivity index (χ4n) is 3.02. The summed E-state index contributed by atoms with van der Waals surface area (Å²) in [4.78, 5) is 5.62. The molecule has 1 N–H and O–H groups in total. The van der Waals surface area contributed by atoms with Gasteiger partial charge in [-0.1, -0.05) is 34.6 Å². The maximum atomic E-state index is 3.77. The van der Waals surface area contributed by atoms with Crippen LogP contribution < -0.4 is 5.32 Å². The molecule has 1 aliphatic heterocycles. The van der Waals surface area contributed by atoms with Gasteiger partial charge in [-0.15, -0.1) is 11.3 Å². The Morgan fingerprint density at radius 1 is 1.35 bits per heavy atom. The third kappa shape index (κ3) is 3.84. The van der Waals surface area contributed by atoms with Crippen LogP contribution in [0.2, 0.25) is 0 Å². The maximum absolute atomic E-state index is 3.77. The van der Waals surface area contributed by atoms with Gasteiger partial charge in [0.05, 0.1) is 0 Å². The minimum atomic E-state index is 0.325. The zero-order valence-corrected chi connectivity index (χ0v) is 14.7. The molecule has 20 heavy (non-hydrogen) atoms. The Morgan fingerprint density at radius 3 is 2.55 bits per heavy atom. The average molecular weight is 295 g/mol. The Bertz CT molecular complexity index is 430. The van der Waals surface area contributed by atoms with Crippen molar-refractivity contribution in [2.24, 2.45) is 11.3 Å². The number of piperazine rings is 1. The van der Waals surface area contributed by atoms with Gasteiger partial charge in [0.15, 0.2) is 0 Å². The van der Waals surface area contributed by atoms with E-state index in [0.29, 0.717) is 23.4 Å². The number of thiophene rings is 1. The Kier molecular flexibility index (Phi) is 4.93. The third-order valence-electron chi connectivity index (χ3n) is 4.43. The molecule has 114 valence electrons. The van der Waals surface area contributed by atoms with Gasteiger partial charge in [-0.25, -0.2) is 0 Å². The number of aryl methyl sites for hydroxylation is 1. The van der Waals surface area contributed by atoms with Crippen LogP contribution in [0.1, 0.15) is 44.4 Å². The predicted molar refractivity (Wildman–Crippen MR) is 89.3 cm³/mol. The number of nitrogens with one attached hydrogen (secondary N) is 1. The lowest BCUT2D eigenvalue weighted by Gasteiger charge is -2.46. The van der Waals surface area contributed by atoms with Crippen LogP contribution in [0.3, 0.4) is 0 Å². The van der Waals surface area contributed by atoms with E-state index in [1.54, 1.807) is 0 Å². The molecule has 0 bridgehead atoms. The number of rotatable bonds is 3. The van der Waals surface area contributed by atoms with Crippen molar-refractivity contribution in [3.8, 4) is 0 Å². The molecular formula is C17H30N2S. The molecule has 1 aromatic heterocycles. The first-order valence-corrected chi connectivity index (χ1v) is 8.62. The molecule has 2 nitrogen and oxygen atoms in total. The Morgan fingerprint density at radius 2 is 2.05 bits per heavy atom. The first kappa shape index (κ1) is 16.0. The number of hydrogen-bond donors (Lipinski definition) is 1. The van der Waals surface area contributed by atoms with E-state index < -0.39 is 0 Å². The van der Waals surface area contributed by atoms with Crippen molar-refractivity contribution in [3.63, 3.8) is 0 Å². The van der Waals surface area contributed by atoms with Gasteiger partial charge in [-0.3, -0.25) is 4.90 Å². The summed E-state index contributed by atoms with van der Waals surface area (Å²) in [6.07, 6.45) is 0. The molecule has 2 unspecified atom stereocenters. The average Bonchev–Trinajstić information content (AvgIpc) is 2.73. The van der Waals surface area contributed by atoms with Gasteiger partial charge >= 0.3 is 0 Å². The van der Waals surface area contributed by atoms with Crippen molar-refractivity contribution in [1.82, 2.24) is 10.2 Å². The lowest BCUT2D eigenvalue weighted by molar-refractivity contribution is 0.0580. The number of nitrogens with zero attached hydrogens (tertiary/aromatic N) is 1. The largest absolute Gasteiger partial charge is 0.311 e. The fourth-order valence-corrected chi connectivity index (χ4v) is 3.93. The smallest absolute Gasteiger partial charge is 0.0332 e. The van der Waals surface area contributed by atoms with Crippen LogP contribution in [-0.2, 0) is 6.54 Å². The van der Waals surface area contributed by atoms with Crippen LogP contribution in [0.15, 0.2) is 12.1 Å². The van der Waals surface area contributed by atoms with Crippen molar-refractivity contribution < 1.29 is 0 Å². The lowest BCUT2D eigenvalue weighted by Crippen LogP contribution is -2.61. The molecule has 1 aliphatic rings. The summed E-state index contributed by atoms with van der Waals surface area (Å²) in [6.45, 7) is 17.3. The molecule has 0 amide bonds. The highest BCUT2D eigenvalue weighted by molar-refractivity contribution is 7.11. The molecule has 0 radical (unpaired) electrons. The topological polar surface area (TPSA) is 15.3 Å². The molecule has 2 heterocycles. The monoisotopic (exact) mass is 294 g/mol. The van der Waals surface area contributed by atoms with Crippen molar-refractivity contribution in [2.75, 3.05) is 13.1 Å². The third-order valence-corrected chi connectivity index (χ3v) is 5.41. The minimum Gasteiger partial charge on any atom is -0.311 e. The van der Waals surface area contributed by atoms with Crippen LogP contribution in [0.25, 0.3) is 0 Å². The molecule has 3 heteroatoms. The molecule has 0 aromatic carbocycles. The van der Waals surface area contributed by atoms with E-state index in [1.807, 2.05) is 11.3 Å².